The Labute approximate surface area is 72.5 Å². The Bertz CT molecular complexity index is 234. The van der Waals surface area contributed by atoms with E-state index >= 15 is 0 Å². The summed E-state index contributed by atoms with van der Waals surface area (Å²) < 4.78 is 0. The monoisotopic (exact) mass is 166 g/mol. The summed E-state index contributed by atoms with van der Waals surface area (Å²) in [5.41, 5.74) is 0.181. The first-order chi connectivity index (χ1) is 5.64. The van der Waals surface area contributed by atoms with Gasteiger partial charge in [0.15, 0.2) is 0 Å². The standard InChI is InChI=1S/C9H14N2O/c1-3-9(2,12)6-8-7-10-4-5-11-8/h4-5,7,12H,3,6H2,1-2H3/t9-/m0/s1. The van der Waals surface area contributed by atoms with Crippen LogP contribution in [0.25, 0.3) is 0 Å². The summed E-state index contributed by atoms with van der Waals surface area (Å²) in [6.07, 6.45) is 6.25. The van der Waals surface area contributed by atoms with Crippen LogP contribution in [0.4, 0.5) is 0 Å². The van der Waals surface area contributed by atoms with Crippen molar-refractivity contribution in [2.24, 2.45) is 0 Å². The fourth-order valence-corrected chi connectivity index (χ4v) is 0.936. The highest BCUT2D eigenvalue weighted by Gasteiger charge is 2.18. The van der Waals surface area contributed by atoms with Crippen LogP contribution in [-0.2, 0) is 6.42 Å². The molecule has 1 aromatic heterocycles. The molecule has 0 aliphatic carbocycles. The highest BCUT2D eigenvalue weighted by Crippen LogP contribution is 2.13. The SMILES string of the molecule is CC[C@](C)(O)Cc1cnccn1. The number of hydrogen-bond acceptors (Lipinski definition) is 3. The lowest BCUT2D eigenvalue weighted by Crippen LogP contribution is -2.26. The molecule has 0 spiro atoms. The van der Waals surface area contributed by atoms with Crippen LogP contribution in [-0.4, -0.2) is 20.7 Å². The quantitative estimate of drug-likeness (QED) is 0.733. The van der Waals surface area contributed by atoms with Gasteiger partial charge in [-0.25, -0.2) is 0 Å². The maximum Gasteiger partial charge on any atom is 0.0673 e. The molecule has 0 amide bonds. The van der Waals surface area contributed by atoms with Crippen molar-refractivity contribution in [1.29, 1.82) is 0 Å². The molecular weight excluding hydrogens is 152 g/mol. The lowest BCUT2D eigenvalue weighted by Gasteiger charge is -2.19. The maximum absolute atomic E-state index is 9.71. The third kappa shape index (κ3) is 2.58. The smallest absolute Gasteiger partial charge is 0.0673 e. The Kier molecular flexibility index (Phi) is 2.76. The summed E-state index contributed by atoms with van der Waals surface area (Å²) in [4.78, 5) is 8.02. The minimum Gasteiger partial charge on any atom is -0.390 e. The van der Waals surface area contributed by atoms with Gasteiger partial charge in [-0.15, -0.1) is 0 Å². The Morgan fingerprint density at radius 3 is 2.75 bits per heavy atom. The zero-order valence-corrected chi connectivity index (χ0v) is 7.49. The van der Waals surface area contributed by atoms with E-state index in [0.717, 1.165) is 12.1 Å². The average molecular weight is 166 g/mol. The molecule has 1 heterocycles. The summed E-state index contributed by atoms with van der Waals surface area (Å²) in [7, 11) is 0. The molecule has 3 nitrogen and oxygen atoms in total. The fourth-order valence-electron chi connectivity index (χ4n) is 0.936. The number of aliphatic hydroxyl groups is 1. The van der Waals surface area contributed by atoms with E-state index in [1.54, 1.807) is 18.6 Å². The van der Waals surface area contributed by atoms with Crippen molar-refractivity contribution < 1.29 is 5.11 Å². The molecule has 1 rings (SSSR count). The van der Waals surface area contributed by atoms with Crippen molar-refractivity contribution in [1.82, 2.24) is 9.97 Å². The van der Waals surface area contributed by atoms with E-state index in [1.165, 1.54) is 0 Å². The molecule has 3 heteroatoms. The van der Waals surface area contributed by atoms with Crippen molar-refractivity contribution in [3.05, 3.63) is 24.3 Å². The summed E-state index contributed by atoms with van der Waals surface area (Å²) in [5.74, 6) is 0. The minimum absolute atomic E-state index is 0.567. The number of rotatable bonds is 3. The van der Waals surface area contributed by atoms with E-state index in [2.05, 4.69) is 9.97 Å². The van der Waals surface area contributed by atoms with Gasteiger partial charge in [0.25, 0.3) is 0 Å². The molecule has 66 valence electrons. The molecular formula is C9H14N2O. The van der Waals surface area contributed by atoms with Crippen molar-refractivity contribution in [2.45, 2.75) is 32.3 Å². The summed E-state index contributed by atoms with van der Waals surface area (Å²) in [5, 5.41) is 9.71. The van der Waals surface area contributed by atoms with Crippen molar-refractivity contribution in [3.8, 4) is 0 Å². The molecule has 1 N–H and O–H groups in total. The van der Waals surface area contributed by atoms with Gasteiger partial charge in [-0.1, -0.05) is 6.92 Å². The molecule has 0 aromatic carbocycles. The fraction of sp³-hybridized carbons (Fsp3) is 0.556. The molecule has 0 unspecified atom stereocenters. The minimum atomic E-state index is -0.657. The van der Waals surface area contributed by atoms with Crippen molar-refractivity contribution in [2.75, 3.05) is 0 Å². The van der Waals surface area contributed by atoms with Gasteiger partial charge in [-0.2, -0.15) is 0 Å². The van der Waals surface area contributed by atoms with Crippen LogP contribution < -0.4 is 0 Å². The number of aromatic nitrogens is 2. The van der Waals surface area contributed by atoms with Crippen LogP contribution in [0.15, 0.2) is 18.6 Å². The van der Waals surface area contributed by atoms with Gasteiger partial charge in [0.05, 0.1) is 11.3 Å². The van der Waals surface area contributed by atoms with Gasteiger partial charge in [0.1, 0.15) is 0 Å². The Morgan fingerprint density at radius 2 is 2.25 bits per heavy atom. The molecule has 0 aliphatic heterocycles. The molecule has 0 fully saturated rings. The molecule has 0 bridgehead atoms. The normalized spacial score (nSPS) is 15.6. The lowest BCUT2D eigenvalue weighted by molar-refractivity contribution is 0.0554. The predicted octanol–water partition coefficient (Wildman–Crippen LogP) is 1.18. The van der Waals surface area contributed by atoms with Gasteiger partial charge < -0.3 is 5.11 Å². The van der Waals surface area contributed by atoms with Crippen molar-refractivity contribution in [3.63, 3.8) is 0 Å². The van der Waals surface area contributed by atoms with E-state index in [-0.39, 0.29) is 0 Å². The van der Waals surface area contributed by atoms with Crippen LogP contribution in [0.2, 0.25) is 0 Å². The largest absolute Gasteiger partial charge is 0.390 e. The number of hydrogen-bond donors (Lipinski definition) is 1. The van der Waals surface area contributed by atoms with Gasteiger partial charge in [-0.3, -0.25) is 9.97 Å². The number of nitrogens with zero attached hydrogens (tertiary/aromatic N) is 2. The first-order valence-corrected chi connectivity index (χ1v) is 4.11. The van der Waals surface area contributed by atoms with Gasteiger partial charge in [-0.05, 0) is 13.3 Å². The van der Waals surface area contributed by atoms with Gasteiger partial charge >= 0.3 is 0 Å². The Morgan fingerprint density at radius 1 is 1.50 bits per heavy atom. The molecule has 1 aromatic rings. The van der Waals surface area contributed by atoms with Crippen LogP contribution in [0.1, 0.15) is 26.0 Å². The highest BCUT2D eigenvalue weighted by molar-refractivity contribution is 4.99. The van der Waals surface area contributed by atoms with Crippen LogP contribution in [0, 0.1) is 0 Å². The average Bonchev–Trinajstić information content (AvgIpc) is 2.06. The second kappa shape index (κ2) is 3.63. The molecule has 12 heavy (non-hydrogen) atoms. The van der Waals surface area contributed by atoms with Crippen LogP contribution in [0.5, 0.6) is 0 Å². The first-order valence-electron chi connectivity index (χ1n) is 4.11. The van der Waals surface area contributed by atoms with Crippen LogP contribution in [0.3, 0.4) is 0 Å². The zero-order valence-electron chi connectivity index (χ0n) is 7.49. The molecule has 0 saturated carbocycles. The predicted molar refractivity (Wildman–Crippen MR) is 46.7 cm³/mol. The Balaban J connectivity index is 2.64. The molecule has 0 saturated heterocycles. The van der Waals surface area contributed by atoms with E-state index in [9.17, 15) is 5.11 Å². The zero-order chi connectivity index (χ0) is 9.03. The second-order valence-electron chi connectivity index (χ2n) is 3.22. The van der Waals surface area contributed by atoms with E-state index in [4.69, 9.17) is 0 Å². The summed E-state index contributed by atoms with van der Waals surface area (Å²) in [6, 6.07) is 0. The highest BCUT2D eigenvalue weighted by atomic mass is 16.3. The van der Waals surface area contributed by atoms with E-state index in [1.807, 2.05) is 13.8 Å². The lowest BCUT2D eigenvalue weighted by atomic mass is 9.98. The third-order valence-corrected chi connectivity index (χ3v) is 1.94. The van der Waals surface area contributed by atoms with Crippen LogP contribution >= 0.6 is 0 Å². The molecule has 1 atom stereocenters. The molecule has 0 aliphatic rings. The maximum atomic E-state index is 9.71. The summed E-state index contributed by atoms with van der Waals surface area (Å²) >= 11 is 0. The van der Waals surface area contributed by atoms with Gasteiger partial charge in [0, 0.05) is 25.0 Å². The van der Waals surface area contributed by atoms with E-state index < -0.39 is 5.60 Å². The summed E-state index contributed by atoms with van der Waals surface area (Å²) in [6.45, 7) is 3.76. The Hall–Kier alpha value is -0.960. The first kappa shape index (κ1) is 9.13. The van der Waals surface area contributed by atoms with Crippen molar-refractivity contribution >= 4 is 0 Å². The van der Waals surface area contributed by atoms with Gasteiger partial charge in [0.2, 0.25) is 0 Å². The topological polar surface area (TPSA) is 46.0 Å². The third-order valence-electron chi connectivity index (χ3n) is 1.94. The molecule has 0 radical (unpaired) electrons. The van der Waals surface area contributed by atoms with E-state index in [0.29, 0.717) is 6.42 Å². The second-order valence-corrected chi connectivity index (χ2v) is 3.22.